The van der Waals surface area contributed by atoms with Crippen molar-refractivity contribution in [1.29, 1.82) is 0 Å². The predicted molar refractivity (Wildman–Crippen MR) is 45.1 cm³/mol. The van der Waals surface area contributed by atoms with E-state index in [1.54, 1.807) is 0 Å². The maximum atomic E-state index is 5.44. The molecule has 1 aromatic rings. The van der Waals surface area contributed by atoms with E-state index in [4.69, 9.17) is 5.73 Å². The van der Waals surface area contributed by atoms with E-state index >= 15 is 0 Å². The van der Waals surface area contributed by atoms with Crippen LogP contribution in [0.25, 0.3) is 0 Å². The number of hydrogen-bond donors (Lipinski definition) is 1. The van der Waals surface area contributed by atoms with Crippen LogP contribution in [0.3, 0.4) is 0 Å². The van der Waals surface area contributed by atoms with Gasteiger partial charge in [-0.05, 0) is 26.0 Å². The number of hydrogen-bond acceptors (Lipinski definition) is 1. The maximum absolute atomic E-state index is 5.44. The Morgan fingerprint density at radius 3 is 3.00 bits per heavy atom. The Hall–Kier alpha value is -0.890. The first-order valence-electron chi connectivity index (χ1n) is 4.05. The second-order valence-electron chi connectivity index (χ2n) is 2.58. The highest BCUT2D eigenvalue weighted by Gasteiger charge is 1.97. The Balaban J connectivity index is 2.74. The van der Waals surface area contributed by atoms with E-state index in [9.17, 15) is 0 Å². The molecule has 0 atom stereocenters. The number of nitrogens with zero attached hydrogens (tertiary/aromatic N) is 1. The fourth-order valence-corrected chi connectivity index (χ4v) is 1.09. The molecular weight excluding hydrogens is 136 g/mol. The molecule has 11 heavy (non-hydrogen) atoms. The molecule has 0 aliphatic rings. The Kier molecular flexibility index (Phi) is 3.05. The average molecular weight is 151 g/mol. The number of aromatic nitrogens is 1. The van der Waals surface area contributed by atoms with Crippen molar-refractivity contribution in [1.82, 2.24) is 0 Å². The van der Waals surface area contributed by atoms with Crippen molar-refractivity contribution in [2.45, 2.75) is 19.9 Å². The molecule has 2 nitrogen and oxygen atoms in total. The first-order chi connectivity index (χ1) is 5.36. The lowest BCUT2D eigenvalue weighted by Crippen LogP contribution is -2.31. The highest BCUT2D eigenvalue weighted by atomic mass is 14.9. The molecule has 0 fully saturated rings. The van der Waals surface area contributed by atoms with Crippen LogP contribution in [0.4, 0.5) is 0 Å². The highest BCUT2D eigenvalue weighted by Crippen LogP contribution is 1.93. The van der Waals surface area contributed by atoms with Gasteiger partial charge in [-0.25, -0.2) is 4.57 Å². The van der Waals surface area contributed by atoms with Gasteiger partial charge in [0, 0.05) is 11.6 Å². The van der Waals surface area contributed by atoms with E-state index in [1.807, 2.05) is 0 Å². The largest absolute Gasteiger partial charge is 0.330 e. The second kappa shape index (κ2) is 4.09. The monoisotopic (exact) mass is 151 g/mol. The van der Waals surface area contributed by atoms with Gasteiger partial charge in [-0.1, -0.05) is 0 Å². The topological polar surface area (TPSA) is 29.9 Å². The summed E-state index contributed by atoms with van der Waals surface area (Å²) in [5.41, 5.74) is 6.76. The Morgan fingerprint density at radius 2 is 2.36 bits per heavy atom. The van der Waals surface area contributed by atoms with E-state index in [-0.39, 0.29) is 0 Å². The van der Waals surface area contributed by atoms with Crippen LogP contribution in [0, 0.1) is 0 Å². The maximum Gasteiger partial charge on any atom is 0.172 e. The van der Waals surface area contributed by atoms with E-state index in [2.05, 4.69) is 36.0 Å². The first-order valence-corrected chi connectivity index (χ1v) is 4.05. The summed E-state index contributed by atoms with van der Waals surface area (Å²) in [4.78, 5) is 0. The number of aryl methyl sites for hydroxylation is 1. The van der Waals surface area contributed by atoms with Crippen LogP contribution in [0.5, 0.6) is 0 Å². The van der Waals surface area contributed by atoms with Gasteiger partial charge in [-0.3, -0.25) is 0 Å². The van der Waals surface area contributed by atoms with Gasteiger partial charge in [0.15, 0.2) is 12.4 Å². The Labute approximate surface area is 67.7 Å². The molecule has 0 aromatic carbocycles. The minimum atomic E-state index is 0.730. The zero-order valence-corrected chi connectivity index (χ0v) is 6.96. The summed E-state index contributed by atoms with van der Waals surface area (Å²) in [6, 6.07) is 4.17. The second-order valence-corrected chi connectivity index (χ2v) is 2.58. The summed E-state index contributed by atoms with van der Waals surface area (Å²) >= 11 is 0. The molecule has 0 saturated heterocycles. The summed E-state index contributed by atoms with van der Waals surface area (Å²) in [6.07, 6.45) is 5.19. The van der Waals surface area contributed by atoms with Crippen molar-refractivity contribution >= 4 is 0 Å². The molecule has 0 spiro atoms. The lowest BCUT2D eigenvalue weighted by molar-refractivity contribution is -0.693. The van der Waals surface area contributed by atoms with Gasteiger partial charge < -0.3 is 5.73 Å². The summed E-state index contributed by atoms with van der Waals surface area (Å²) in [5.74, 6) is 0. The van der Waals surface area contributed by atoms with Gasteiger partial charge in [0.1, 0.15) is 6.54 Å². The van der Waals surface area contributed by atoms with Gasteiger partial charge in [0.05, 0.1) is 0 Å². The minimum absolute atomic E-state index is 0.730. The van der Waals surface area contributed by atoms with Gasteiger partial charge in [-0.15, -0.1) is 0 Å². The molecule has 0 unspecified atom stereocenters. The molecule has 0 saturated carbocycles. The van der Waals surface area contributed by atoms with Gasteiger partial charge in [-0.2, -0.15) is 0 Å². The number of pyridine rings is 1. The van der Waals surface area contributed by atoms with Crippen LogP contribution in [0.2, 0.25) is 0 Å². The van der Waals surface area contributed by atoms with E-state index in [1.165, 1.54) is 5.56 Å². The van der Waals surface area contributed by atoms with Crippen LogP contribution in [0.1, 0.15) is 12.5 Å². The lowest BCUT2D eigenvalue weighted by atomic mass is 10.2. The Morgan fingerprint density at radius 1 is 1.55 bits per heavy atom. The summed E-state index contributed by atoms with van der Waals surface area (Å²) in [5, 5.41) is 0. The van der Waals surface area contributed by atoms with Gasteiger partial charge >= 0.3 is 0 Å². The molecule has 1 aromatic heterocycles. The van der Waals surface area contributed by atoms with Crippen molar-refractivity contribution in [3.05, 3.63) is 30.1 Å². The predicted octanol–water partition coefficient (Wildman–Crippen LogP) is 0.495. The molecular formula is C9H15N2+. The van der Waals surface area contributed by atoms with Crippen molar-refractivity contribution in [2.75, 3.05) is 6.54 Å². The van der Waals surface area contributed by atoms with Crippen LogP contribution in [-0.2, 0) is 13.0 Å². The quantitative estimate of drug-likeness (QED) is 0.626. The SMILES string of the molecule is CC[n+]1cccc(CCN)c1. The number of rotatable bonds is 3. The minimum Gasteiger partial charge on any atom is -0.330 e. The van der Waals surface area contributed by atoms with Crippen LogP contribution < -0.4 is 10.3 Å². The molecule has 2 N–H and O–H groups in total. The average Bonchev–Trinajstić information content (AvgIpc) is 2.06. The molecule has 0 bridgehead atoms. The third kappa shape index (κ3) is 2.31. The van der Waals surface area contributed by atoms with Crippen LogP contribution in [0.15, 0.2) is 24.5 Å². The standard InChI is InChI=1S/C9H15N2/c1-2-11-7-3-4-9(8-11)5-6-10/h3-4,7-8H,2,5-6,10H2,1H3/q+1. The van der Waals surface area contributed by atoms with E-state index in [0.29, 0.717) is 0 Å². The van der Waals surface area contributed by atoms with E-state index in [0.717, 1.165) is 19.5 Å². The zero-order chi connectivity index (χ0) is 8.10. The van der Waals surface area contributed by atoms with Crippen molar-refractivity contribution < 1.29 is 4.57 Å². The Bertz CT molecular complexity index is 221. The normalized spacial score (nSPS) is 10.0. The molecule has 0 aliphatic heterocycles. The first kappa shape index (κ1) is 8.21. The van der Waals surface area contributed by atoms with Crippen molar-refractivity contribution in [3.8, 4) is 0 Å². The molecule has 0 aliphatic carbocycles. The zero-order valence-electron chi connectivity index (χ0n) is 6.96. The molecule has 0 radical (unpaired) electrons. The number of nitrogens with two attached hydrogens (primary N) is 1. The van der Waals surface area contributed by atoms with Crippen LogP contribution >= 0.6 is 0 Å². The highest BCUT2D eigenvalue weighted by molar-refractivity contribution is 5.05. The van der Waals surface area contributed by atoms with Gasteiger partial charge in [0.2, 0.25) is 0 Å². The molecule has 1 rings (SSSR count). The fraction of sp³-hybridized carbons (Fsp3) is 0.444. The smallest absolute Gasteiger partial charge is 0.172 e. The molecule has 60 valence electrons. The molecule has 0 amide bonds. The van der Waals surface area contributed by atoms with Crippen molar-refractivity contribution in [2.24, 2.45) is 5.73 Å². The summed E-state index contributed by atoms with van der Waals surface area (Å²) < 4.78 is 2.16. The third-order valence-electron chi connectivity index (χ3n) is 1.72. The third-order valence-corrected chi connectivity index (χ3v) is 1.72. The summed E-state index contributed by atoms with van der Waals surface area (Å²) in [7, 11) is 0. The lowest BCUT2D eigenvalue weighted by Gasteiger charge is -1.95. The van der Waals surface area contributed by atoms with E-state index < -0.39 is 0 Å². The molecule has 2 heteroatoms. The molecule has 1 heterocycles. The summed E-state index contributed by atoms with van der Waals surface area (Å²) in [6.45, 7) is 3.89. The fourth-order valence-electron chi connectivity index (χ4n) is 1.09. The van der Waals surface area contributed by atoms with Crippen molar-refractivity contribution in [3.63, 3.8) is 0 Å². The van der Waals surface area contributed by atoms with Gasteiger partial charge in [0.25, 0.3) is 0 Å². The van der Waals surface area contributed by atoms with Crippen LogP contribution in [-0.4, -0.2) is 6.54 Å².